The number of rotatable bonds is 5. The summed E-state index contributed by atoms with van der Waals surface area (Å²) in [5, 5.41) is 12.8. The Balaban J connectivity index is 1.52. The third kappa shape index (κ3) is 4.14. The van der Waals surface area contributed by atoms with Gasteiger partial charge in [-0.25, -0.2) is 4.98 Å². The van der Waals surface area contributed by atoms with Gasteiger partial charge in [0.25, 0.3) is 0 Å². The lowest BCUT2D eigenvalue weighted by Gasteiger charge is -2.11. The molecule has 0 amide bonds. The number of aromatic nitrogens is 1. The Morgan fingerprint density at radius 1 is 1.06 bits per heavy atom. The maximum Gasteiger partial charge on any atom is 0.227 e. The molecule has 0 aliphatic carbocycles. The van der Waals surface area contributed by atoms with Gasteiger partial charge in [-0.1, -0.05) is 36.4 Å². The molecule has 5 rings (SSSR count). The molecule has 1 heterocycles. The summed E-state index contributed by atoms with van der Waals surface area (Å²) in [6.07, 6.45) is 1.60. The smallest absolute Gasteiger partial charge is 0.227 e. The van der Waals surface area contributed by atoms with E-state index in [1.165, 1.54) is 0 Å². The SMILES string of the molecule is CCOc1cc(Br)c(Br)c(C=Nc2ccc3oc(-c4cccc5ccccc45)nc3c2)c1O. The van der Waals surface area contributed by atoms with E-state index in [1.54, 1.807) is 12.3 Å². The largest absolute Gasteiger partial charge is 0.504 e. The first kappa shape index (κ1) is 21.7. The topological polar surface area (TPSA) is 67.9 Å². The van der Waals surface area contributed by atoms with E-state index in [0.29, 0.717) is 45.1 Å². The number of halogens is 2. The van der Waals surface area contributed by atoms with Crippen LogP contribution in [0.25, 0.3) is 33.3 Å². The molecule has 1 N–H and O–H groups in total. The lowest BCUT2D eigenvalue weighted by atomic mass is 10.0. The quantitative estimate of drug-likeness (QED) is 0.219. The number of aromatic hydroxyl groups is 1. The fraction of sp³-hybridized carbons (Fsp3) is 0.0769. The van der Waals surface area contributed by atoms with Crippen molar-refractivity contribution in [1.29, 1.82) is 0 Å². The van der Waals surface area contributed by atoms with Crippen molar-refractivity contribution in [3.05, 3.63) is 81.2 Å². The van der Waals surface area contributed by atoms with E-state index in [4.69, 9.17) is 14.1 Å². The number of aliphatic imine (C=N–C) groups is 1. The Labute approximate surface area is 207 Å². The minimum absolute atomic E-state index is 0.0245. The molecule has 0 spiro atoms. The summed E-state index contributed by atoms with van der Waals surface area (Å²) in [7, 11) is 0. The van der Waals surface area contributed by atoms with E-state index in [2.05, 4.69) is 55.1 Å². The second kappa shape index (κ2) is 9.00. The van der Waals surface area contributed by atoms with Crippen LogP contribution in [0.2, 0.25) is 0 Å². The van der Waals surface area contributed by atoms with Gasteiger partial charge in [-0.05, 0) is 79.9 Å². The summed E-state index contributed by atoms with van der Waals surface area (Å²) >= 11 is 6.98. The molecule has 5 aromatic rings. The minimum atomic E-state index is 0.0245. The number of hydrogen-bond acceptors (Lipinski definition) is 5. The van der Waals surface area contributed by atoms with Gasteiger partial charge >= 0.3 is 0 Å². The Hall–Kier alpha value is -3.16. The molecule has 1 aromatic heterocycles. The Morgan fingerprint density at radius 3 is 2.73 bits per heavy atom. The molecule has 0 saturated heterocycles. The summed E-state index contributed by atoms with van der Waals surface area (Å²) in [5.74, 6) is 0.980. The molecular weight excluding hydrogens is 548 g/mol. The number of oxazole rings is 1. The number of fused-ring (bicyclic) bond motifs is 2. The van der Waals surface area contributed by atoms with Crippen molar-refractivity contribution in [2.24, 2.45) is 4.99 Å². The van der Waals surface area contributed by atoms with Crippen LogP contribution in [0.3, 0.4) is 0 Å². The molecule has 0 unspecified atom stereocenters. The zero-order valence-electron chi connectivity index (χ0n) is 17.5. The van der Waals surface area contributed by atoms with Gasteiger partial charge in [0.1, 0.15) is 5.52 Å². The van der Waals surface area contributed by atoms with Crippen LogP contribution in [-0.4, -0.2) is 22.9 Å². The summed E-state index contributed by atoms with van der Waals surface area (Å²) in [4.78, 5) is 9.26. The number of hydrogen-bond donors (Lipinski definition) is 1. The van der Waals surface area contributed by atoms with E-state index in [-0.39, 0.29) is 5.75 Å². The van der Waals surface area contributed by atoms with Crippen LogP contribution in [0.1, 0.15) is 12.5 Å². The second-order valence-electron chi connectivity index (χ2n) is 7.32. The minimum Gasteiger partial charge on any atom is -0.504 e. The summed E-state index contributed by atoms with van der Waals surface area (Å²) in [6, 6.07) is 21.5. The lowest BCUT2D eigenvalue weighted by molar-refractivity contribution is 0.317. The van der Waals surface area contributed by atoms with E-state index in [0.717, 1.165) is 20.8 Å². The summed E-state index contributed by atoms with van der Waals surface area (Å²) < 4.78 is 13.0. The molecule has 164 valence electrons. The fourth-order valence-electron chi connectivity index (χ4n) is 3.66. The zero-order valence-corrected chi connectivity index (χ0v) is 20.7. The molecular formula is C26H18Br2N2O3. The van der Waals surface area contributed by atoms with Gasteiger partial charge in [0.2, 0.25) is 5.89 Å². The first-order valence-electron chi connectivity index (χ1n) is 10.3. The molecule has 0 fully saturated rings. The molecule has 0 atom stereocenters. The molecule has 4 aromatic carbocycles. The van der Waals surface area contributed by atoms with Gasteiger partial charge in [-0.3, -0.25) is 4.99 Å². The summed E-state index contributed by atoms with van der Waals surface area (Å²) in [6.45, 7) is 2.31. The Bertz CT molecular complexity index is 1520. The van der Waals surface area contributed by atoms with Crippen LogP contribution in [0.5, 0.6) is 11.5 Å². The molecule has 7 heteroatoms. The average Bonchev–Trinajstić information content (AvgIpc) is 3.25. The van der Waals surface area contributed by atoms with Gasteiger partial charge in [-0.15, -0.1) is 0 Å². The van der Waals surface area contributed by atoms with Crippen molar-refractivity contribution in [2.75, 3.05) is 6.61 Å². The number of ether oxygens (including phenoxy) is 1. The van der Waals surface area contributed by atoms with Crippen molar-refractivity contribution in [3.63, 3.8) is 0 Å². The highest BCUT2D eigenvalue weighted by Gasteiger charge is 2.15. The van der Waals surface area contributed by atoms with Crippen LogP contribution < -0.4 is 4.74 Å². The van der Waals surface area contributed by atoms with Crippen LogP contribution >= 0.6 is 31.9 Å². The van der Waals surface area contributed by atoms with Gasteiger partial charge < -0.3 is 14.3 Å². The molecule has 0 saturated carbocycles. The predicted molar refractivity (Wildman–Crippen MR) is 139 cm³/mol. The van der Waals surface area contributed by atoms with Gasteiger partial charge in [0.05, 0.1) is 17.9 Å². The standard InChI is InChI=1S/C26H18Br2N2O3/c1-2-32-23-13-20(27)24(28)19(25(23)31)14-29-16-10-11-22-21(12-16)30-26(33-22)18-9-5-7-15-6-3-4-8-17(15)18/h3-14,31H,2H2,1H3. The van der Waals surface area contributed by atoms with Crippen LogP contribution in [-0.2, 0) is 0 Å². The highest BCUT2D eigenvalue weighted by atomic mass is 79.9. The molecule has 0 bridgehead atoms. The first-order chi connectivity index (χ1) is 16.0. The second-order valence-corrected chi connectivity index (χ2v) is 8.97. The van der Waals surface area contributed by atoms with Crippen molar-refractivity contribution in [3.8, 4) is 23.0 Å². The Kier molecular flexibility index (Phi) is 5.91. The molecule has 5 nitrogen and oxygen atoms in total. The highest BCUT2D eigenvalue weighted by Crippen LogP contribution is 2.40. The van der Waals surface area contributed by atoms with Crippen LogP contribution in [0, 0.1) is 0 Å². The number of benzene rings is 4. The van der Waals surface area contributed by atoms with Crippen molar-refractivity contribution < 1.29 is 14.3 Å². The van der Waals surface area contributed by atoms with E-state index in [1.807, 2.05) is 49.4 Å². The zero-order chi connectivity index (χ0) is 22.9. The number of phenolic OH excluding ortho intramolecular Hbond substituents is 1. The van der Waals surface area contributed by atoms with Gasteiger partial charge in [-0.2, -0.15) is 0 Å². The van der Waals surface area contributed by atoms with Crippen molar-refractivity contribution >= 4 is 65.6 Å². The number of phenols is 1. The summed E-state index contributed by atoms with van der Waals surface area (Å²) in [5.41, 5.74) is 3.54. The van der Waals surface area contributed by atoms with Crippen LogP contribution in [0.15, 0.2) is 85.1 Å². The number of nitrogens with zero attached hydrogens (tertiary/aromatic N) is 2. The first-order valence-corrected chi connectivity index (χ1v) is 11.9. The molecule has 0 aliphatic heterocycles. The maximum absolute atomic E-state index is 10.6. The van der Waals surface area contributed by atoms with Crippen molar-refractivity contribution in [2.45, 2.75) is 6.92 Å². The van der Waals surface area contributed by atoms with Crippen molar-refractivity contribution in [1.82, 2.24) is 4.98 Å². The van der Waals surface area contributed by atoms with Gasteiger partial charge in [0.15, 0.2) is 17.1 Å². The maximum atomic E-state index is 10.6. The van der Waals surface area contributed by atoms with E-state index < -0.39 is 0 Å². The fourth-order valence-corrected chi connectivity index (χ4v) is 4.48. The third-order valence-corrected chi connectivity index (χ3v) is 7.24. The molecule has 0 radical (unpaired) electrons. The molecule has 33 heavy (non-hydrogen) atoms. The van der Waals surface area contributed by atoms with E-state index >= 15 is 0 Å². The normalized spacial score (nSPS) is 11.6. The highest BCUT2D eigenvalue weighted by molar-refractivity contribution is 9.13. The average molecular weight is 566 g/mol. The van der Waals surface area contributed by atoms with Crippen LogP contribution in [0.4, 0.5) is 5.69 Å². The predicted octanol–water partition coefficient (Wildman–Crippen LogP) is 8.03. The monoisotopic (exact) mass is 564 g/mol. The lowest BCUT2D eigenvalue weighted by Crippen LogP contribution is -1.95. The molecule has 0 aliphatic rings. The van der Waals surface area contributed by atoms with E-state index in [9.17, 15) is 5.11 Å². The van der Waals surface area contributed by atoms with Gasteiger partial charge in [0, 0.05) is 20.7 Å². The Morgan fingerprint density at radius 2 is 1.88 bits per heavy atom. The third-order valence-electron chi connectivity index (χ3n) is 5.23.